The normalized spacial score (nSPS) is 11.9. The average molecular weight is 363 g/mol. The third kappa shape index (κ3) is 4.99. The maximum atomic E-state index is 12.8. The van der Waals surface area contributed by atoms with Crippen LogP contribution in [0.25, 0.3) is 17.4 Å². The maximum Gasteiger partial charge on any atom is 0.416 e. The summed E-state index contributed by atoms with van der Waals surface area (Å²) in [5.74, 6) is -0.404. The summed E-state index contributed by atoms with van der Waals surface area (Å²) < 4.78 is 48.8. The minimum atomic E-state index is -4.46. The smallest absolute Gasteiger partial charge is 0.416 e. The Morgan fingerprint density at radius 2 is 2.08 bits per heavy atom. The van der Waals surface area contributed by atoms with E-state index in [0.29, 0.717) is 6.42 Å². The standard InChI is InChI=1S/C19H16F3NO3/c1-2-3-9-25-18(24)14(12-23)11-16-7-8-17(26-16)13-5-4-6-15(10-13)19(20,21)22/h4-8,10-11H,2-3,9H2,1H3. The number of ether oxygens (including phenoxy) is 1. The highest BCUT2D eigenvalue weighted by atomic mass is 19.4. The molecule has 0 fully saturated rings. The quantitative estimate of drug-likeness (QED) is 0.306. The molecule has 0 radical (unpaired) electrons. The third-order valence-corrected chi connectivity index (χ3v) is 3.46. The van der Waals surface area contributed by atoms with Gasteiger partial charge in [-0.05, 0) is 30.7 Å². The highest BCUT2D eigenvalue weighted by molar-refractivity contribution is 5.97. The molecule has 4 nitrogen and oxygen atoms in total. The number of esters is 1. The molecule has 0 spiro atoms. The number of benzene rings is 1. The summed E-state index contributed by atoms with van der Waals surface area (Å²) in [7, 11) is 0. The van der Waals surface area contributed by atoms with Crippen LogP contribution in [0.2, 0.25) is 0 Å². The van der Waals surface area contributed by atoms with Crippen molar-refractivity contribution in [1.82, 2.24) is 0 Å². The number of rotatable bonds is 6. The maximum absolute atomic E-state index is 12.8. The molecule has 7 heteroatoms. The van der Waals surface area contributed by atoms with Crippen LogP contribution >= 0.6 is 0 Å². The summed E-state index contributed by atoms with van der Waals surface area (Å²) in [6.07, 6.45) is -1.73. The number of halogens is 3. The first kappa shape index (κ1) is 19.3. The van der Waals surface area contributed by atoms with E-state index >= 15 is 0 Å². The van der Waals surface area contributed by atoms with Gasteiger partial charge in [0.1, 0.15) is 23.2 Å². The van der Waals surface area contributed by atoms with Gasteiger partial charge in [-0.3, -0.25) is 0 Å². The van der Waals surface area contributed by atoms with Crippen LogP contribution < -0.4 is 0 Å². The van der Waals surface area contributed by atoms with E-state index in [4.69, 9.17) is 14.4 Å². The van der Waals surface area contributed by atoms with Gasteiger partial charge in [-0.2, -0.15) is 18.4 Å². The zero-order valence-electron chi connectivity index (χ0n) is 14.0. The Kier molecular flexibility index (Phi) is 6.23. The number of nitrogens with zero attached hydrogens (tertiary/aromatic N) is 1. The summed E-state index contributed by atoms with van der Waals surface area (Å²) in [5, 5.41) is 9.08. The molecule has 2 aromatic rings. The fourth-order valence-electron chi connectivity index (χ4n) is 2.10. The Bertz CT molecular complexity index is 844. The number of furan rings is 1. The molecular weight excluding hydrogens is 347 g/mol. The molecule has 1 heterocycles. The van der Waals surface area contributed by atoms with E-state index in [2.05, 4.69) is 0 Å². The van der Waals surface area contributed by atoms with Crippen molar-refractivity contribution < 1.29 is 27.1 Å². The molecule has 1 aromatic heterocycles. The molecule has 1 aromatic carbocycles. The minimum absolute atomic E-state index is 0.168. The molecule has 26 heavy (non-hydrogen) atoms. The van der Waals surface area contributed by atoms with Crippen molar-refractivity contribution in [2.75, 3.05) is 6.61 Å². The number of nitriles is 1. The molecule has 0 atom stereocenters. The topological polar surface area (TPSA) is 63.2 Å². The lowest BCUT2D eigenvalue weighted by Crippen LogP contribution is -2.07. The van der Waals surface area contributed by atoms with E-state index in [1.165, 1.54) is 30.3 Å². The van der Waals surface area contributed by atoms with Crippen LogP contribution in [-0.4, -0.2) is 12.6 Å². The second-order valence-electron chi connectivity index (χ2n) is 5.44. The molecule has 2 rings (SSSR count). The van der Waals surface area contributed by atoms with Crippen LogP contribution in [0.5, 0.6) is 0 Å². The minimum Gasteiger partial charge on any atom is -0.462 e. The number of carbonyl (C=O) groups excluding carboxylic acids is 1. The third-order valence-electron chi connectivity index (χ3n) is 3.46. The van der Waals surface area contributed by atoms with Crippen LogP contribution in [0.15, 0.2) is 46.4 Å². The van der Waals surface area contributed by atoms with Crippen LogP contribution in [0.4, 0.5) is 13.2 Å². The molecule has 0 saturated heterocycles. The van der Waals surface area contributed by atoms with Gasteiger partial charge < -0.3 is 9.15 Å². The monoisotopic (exact) mass is 363 g/mol. The van der Waals surface area contributed by atoms with Gasteiger partial charge in [-0.1, -0.05) is 25.5 Å². The lowest BCUT2D eigenvalue weighted by atomic mass is 10.1. The van der Waals surface area contributed by atoms with E-state index in [1.807, 2.05) is 6.92 Å². The number of hydrogen-bond acceptors (Lipinski definition) is 4. The first-order valence-electron chi connectivity index (χ1n) is 7.91. The molecular formula is C19H16F3NO3. The van der Waals surface area contributed by atoms with Gasteiger partial charge in [-0.25, -0.2) is 4.79 Å². The van der Waals surface area contributed by atoms with Crippen molar-refractivity contribution in [3.05, 3.63) is 53.3 Å². The summed E-state index contributed by atoms with van der Waals surface area (Å²) in [4.78, 5) is 11.8. The number of hydrogen-bond donors (Lipinski definition) is 0. The highest BCUT2D eigenvalue weighted by Crippen LogP contribution is 2.32. The van der Waals surface area contributed by atoms with E-state index in [0.717, 1.165) is 18.6 Å². The zero-order chi connectivity index (χ0) is 19.2. The van der Waals surface area contributed by atoms with Crippen molar-refractivity contribution in [2.45, 2.75) is 25.9 Å². The van der Waals surface area contributed by atoms with Gasteiger partial charge in [0.25, 0.3) is 0 Å². The van der Waals surface area contributed by atoms with Crippen molar-refractivity contribution in [1.29, 1.82) is 5.26 Å². The SMILES string of the molecule is CCCCOC(=O)C(C#N)=Cc1ccc(-c2cccc(C(F)(F)F)c2)o1. The first-order chi connectivity index (χ1) is 12.3. The highest BCUT2D eigenvalue weighted by Gasteiger charge is 2.30. The molecule has 0 aliphatic rings. The summed E-state index contributed by atoms with van der Waals surface area (Å²) >= 11 is 0. The van der Waals surface area contributed by atoms with Gasteiger partial charge in [-0.15, -0.1) is 0 Å². The molecule has 0 amide bonds. The number of unbranched alkanes of at least 4 members (excludes halogenated alkanes) is 1. The van der Waals surface area contributed by atoms with Crippen molar-refractivity contribution in [2.24, 2.45) is 0 Å². The molecule has 0 saturated carbocycles. The van der Waals surface area contributed by atoms with Crippen molar-refractivity contribution >= 4 is 12.0 Å². The molecule has 0 aliphatic carbocycles. The van der Waals surface area contributed by atoms with Gasteiger partial charge in [0.05, 0.1) is 12.2 Å². The Labute approximate surface area is 148 Å². The van der Waals surface area contributed by atoms with Crippen LogP contribution in [-0.2, 0) is 15.7 Å². The molecule has 136 valence electrons. The predicted molar refractivity (Wildman–Crippen MR) is 88.6 cm³/mol. The lowest BCUT2D eigenvalue weighted by Gasteiger charge is -2.07. The molecule has 0 unspecified atom stereocenters. The first-order valence-corrected chi connectivity index (χ1v) is 7.91. The Balaban J connectivity index is 2.21. The van der Waals surface area contributed by atoms with E-state index in [9.17, 15) is 18.0 Å². The number of carbonyl (C=O) groups is 1. The van der Waals surface area contributed by atoms with Crippen molar-refractivity contribution in [3.8, 4) is 17.4 Å². The molecule has 0 N–H and O–H groups in total. The fourth-order valence-corrected chi connectivity index (χ4v) is 2.10. The van der Waals surface area contributed by atoms with Gasteiger partial charge in [0.15, 0.2) is 0 Å². The van der Waals surface area contributed by atoms with Gasteiger partial charge in [0, 0.05) is 11.6 Å². The van der Waals surface area contributed by atoms with Crippen LogP contribution in [0, 0.1) is 11.3 Å². The molecule has 0 bridgehead atoms. The fraction of sp³-hybridized carbons (Fsp3) is 0.263. The lowest BCUT2D eigenvalue weighted by molar-refractivity contribution is -0.139. The number of alkyl halides is 3. The largest absolute Gasteiger partial charge is 0.462 e. The van der Waals surface area contributed by atoms with Crippen molar-refractivity contribution in [3.63, 3.8) is 0 Å². The molecule has 0 aliphatic heterocycles. The Hall–Kier alpha value is -3.01. The van der Waals surface area contributed by atoms with E-state index in [1.54, 1.807) is 6.07 Å². The average Bonchev–Trinajstić information content (AvgIpc) is 3.08. The van der Waals surface area contributed by atoms with E-state index < -0.39 is 17.7 Å². The van der Waals surface area contributed by atoms with Gasteiger partial charge >= 0.3 is 12.1 Å². The Morgan fingerprint density at radius 3 is 2.73 bits per heavy atom. The summed E-state index contributed by atoms with van der Waals surface area (Å²) in [6.45, 7) is 2.15. The van der Waals surface area contributed by atoms with E-state index in [-0.39, 0.29) is 29.3 Å². The predicted octanol–water partition coefficient (Wildman–Crippen LogP) is 5.22. The van der Waals surface area contributed by atoms with Crippen LogP contribution in [0.1, 0.15) is 31.1 Å². The second-order valence-corrected chi connectivity index (χ2v) is 5.44. The van der Waals surface area contributed by atoms with Gasteiger partial charge in [0.2, 0.25) is 0 Å². The zero-order valence-corrected chi connectivity index (χ0v) is 14.0. The Morgan fingerprint density at radius 1 is 1.31 bits per heavy atom. The van der Waals surface area contributed by atoms with Crippen LogP contribution in [0.3, 0.4) is 0 Å². The summed E-state index contributed by atoms with van der Waals surface area (Å²) in [5.41, 5.74) is -0.796. The summed E-state index contributed by atoms with van der Waals surface area (Å²) in [6, 6.07) is 9.36. The second kappa shape index (κ2) is 8.39.